The topological polar surface area (TPSA) is 67.4 Å². The second-order valence-electron chi connectivity index (χ2n) is 4.60. The Balaban J connectivity index is 1.79. The van der Waals surface area contributed by atoms with Crippen LogP contribution in [0.1, 0.15) is 0 Å². The van der Waals surface area contributed by atoms with Gasteiger partial charge in [-0.3, -0.25) is 9.59 Å². The third-order valence-electron chi connectivity index (χ3n) is 3.06. The van der Waals surface area contributed by atoms with Crippen molar-refractivity contribution in [2.45, 2.75) is 6.10 Å². The lowest BCUT2D eigenvalue weighted by molar-refractivity contribution is -0.133. The molecule has 0 aliphatic carbocycles. The van der Waals surface area contributed by atoms with Gasteiger partial charge in [-0.15, -0.1) is 0 Å². The number of para-hydroxylation sites is 2. The van der Waals surface area contributed by atoms with E-state index in [9.17, 15) is 14.0 Å². The number of hydrogen-bond acceptors (Lipinski definition) is 3. The first-order valence-electron chi connectivity index (χ1n) is 6.37. The van der Waals surface area contributed by atoms with E-state index in [0.29, 0.717) is 11.4 Å². The van der Waals surface area contributed by atoms with Crippen LogP contribution in [0.4, 0.5) is 15.8 Å². The smallest absolute Gasteiger partial charge is 0.275 e. The lowest BCUT2D eigenvalue weighted by Gasteiger charge is -2.25. The molecule has 0 fully saturated rings. The summed E-state index contributed by atoms with van der Waals surface area (Å²) in [5.74, 6) is -1.41. The zero-order valence-electron chi connectivity index (χ0n) is 11.1. The van der Waals surface area contributed by atoms with Gasteiger partial charge in [-0.2, -0.15) is 0 Å². The van der Waals surface area contributed by atoms with Gasteiger partial charge in [-0.05, 0) is 30.3 Å². The quantitative estimate of drug-likeness (QED) is 0.836. The predicted octanol–water partition coefficient (Wildman–Crippen LogP) is 2.82. The SMILES string of the molecule is O=C(Nc1ccc(F)cc1Cl)[C@H]1Oc2ccccc2NC1=O. The van der Waals surface area contributed by atoms with Crippen LogP contribution in [-0.4, -0.2) is 17.9 Å². The van der Waals surface area contributed by atoms with E-state index in [1.165, 1.54) is 6.07 Å². The van der Waals surface area contributed by atoms with E-state index in [2.05, 4.69) is 10.6 Å². The van der Waals surface area contributed by atoms with Crippen molar-refractivity contribution in [2.75, 3.05) is 10.6 Å². The highest BCUT2D eigenvalue weighted by Crippen LogP contribution is 2.29. The Hall–Kier alpha value is -2.60. The summed E-state index contributed by atoms with van der Waals surface area (Å²) in [6.07, 6.45) is -1.35. The Kier molecular flexibility index (Phi) is 3.68. The van der Waals surface area contributed by atoms with Gasteiger partial charge < -0.3 is 15.4 Å². The van der Waals surface area contributed by atoms with E-state index >= 15 is 0 Å². The number of fused-ring (bicyclic) bond motifs is 1. The van der Waals surface area contributed by atoms with Crippen molar-refractivity contribution in [3.8, 4) is 5.75 Å². The highest BCUT2D eigenvalue weighted by molar-refractivity contribution is 6.34. The Bertz CT molecular complexity index is 766. The molecule has 2 aromatic carbocycles. The summed E-state index contributed by atoms with van der Waals surface area (Å²) in [5.41, 5.74) is 0.694. The Morgan fingerprint density at radius 3 is 2.82 bits per heavy atom. The molecule has 1 heterocycles. The van der Waals surface area contributed by atoms with Crippen LogP contribution in [0.5, 0.6) is 5.75 Å². The highest BCUT2D eigenvalue weighted by atomic mass is 35.5. The van der Waals surface area contributed by atoms with Crippen molar-refractivity contribution in [2.24, 2.45) is 0 Å². The van der Waals surface area contributed by atoms with Gasteiger partial charge >= 0.3 is 0 Å². The van der Waals surface area contributed by atoms with E-state index in [1.54, 1.807) is 24.3 Å². The molecule has 1 atom stereocenters. The molecule has 112 valence electrons. The minimum absolute atomic E-state index is 0.0324. The summed E-state index contributed by atoms with van der Waals surface area (Å²) in [4.78, 5) is 24.1. The zero-order valence-corrected chi connectivity index (χ0v) is 11.9. The van der Waals surface area contributed by atoms with Gasteiger partial charge in [0.2, 0.25) is 0 Å². The maximum atomic E-state index is 13.0. The first-order valence-corrected chi connectivity index (χ1v) is 6.75. The molecular weight excluding hydrogens is 311 g/mol. The van der Waals surface area contributed by atoms with Crippen LogP contribution in [0.2, 0.25) is 5.02 Å². The Morgan fingerprint density at radius 1 is 1.27 bits per heavy atom. The van der Waals surface area contributed by atoms with Crippen LogP contribution >= 0.6 is 11.6 Å². The number of nitrogens with one attached hydrogen (secondary N) is 2. The first-order chi connectivity index (χ1) is 10.5. The third kappa shape index (κ3) is 2.73. The highest BCUT2D eigenvalue weighted by Gasteiger charge is 2.34. The van der Waals surface area contributed by atoms with Gasteiger partial charge in [0.15, 0.2) is 0 Å². The molecule has 0 aromatic heterocycles. The summed E-state index contributed by atoms with van der Waals surface area (Å²) in [5, 5.41) is 5.06. The predicted molar refractivity (Wildman–Crippen MR) is 79.5 cm³/mol. The van der Waals surface area contributed by atoms with Crippen LogP contribution in [0.15, 0.2) is 42.5 Å². The fraction of sp³-hybridized carbons (Fsp3) is 0.0667. The van der Waals surface area contributed by atoms with Gasteiger partial charge in [0.05, 0.1) is 16.4 Å². The molecule has 22 heavy (non-hydrogen) atoms. The normalized spacial score (nSPS) is 16.3. The van der Waals surface area contributed by atoms with E-state index in [0.717, 1.165) is 12.1 Å². The molecule has 2 amide bonds. The molecule has 0 unspecified atom stereocenters. The summed E-state index contributed by atoms with van der Waals surface area (Å²) in [6.45, 7) is 0. The fourth-order valence-electron chi connectivity index (χ4n) is 2.01. The summed E-state index contributed by atoms with van der Waals surface area (Å²) < 4.78 is 18.4. The van der Waals surface area contributed by atoms with Gasteiger partial charge in [0.1, 0.15) is 11.6 Å². The zero-order chi connectivity index (χ0) is 15.7. The first kappa shape index (κ1) is 14.3. The standard InChI is InChI=1S/C15H10ClFN2O3/c16-9-7-8(17)5-6-10(9)18-14(20)13-15(21)19-11-3-1-2-4-12(11)22-13/h1-7,13H,(H,18,20)(H,19,21)/t13-/m1/s1. The molecule has 7 heteroatoms. The van der Waals surface area contributed by atoms with Crippen molar-refractivity contribution in [1.29, 1.82) is 0 Å². The van der Waals surface area contributed by atoms with Crippen molar-refractivity contribution in [3.05, 3.63) is 53.3 Å². The monoisotopic (exact) mass is 320 g/mol. The van der Waals surface area contributed by atoms with Gasteiger partial charge in [0.25, 0.3) is 17.9 Å². The minimum atomic E-state index is -1.35. The molecule has 0 bridgehead atoms. The molecule has 5 nitrogen and oxygen atoms in total. The van der Waals surface area contributed by atoms with Crippen molar-refractivity contribution in [1.82, 2.24) is 0 Å². The fourth-order valence-corrected chi connectivity index (χ4v) is 2.23. The van der Waals surface area contributed by atoms with E-state index < -0.39 is 23.7 Å². The summed E-state index contributed by atoms with van der Waals surface area (Å²) in [6, 6.07) is 10.3. The number of halogens is 2. The molecule has 2 aromatic rings. The van der Waals surface area contributed by atoms with E-state index in [4.69, 9.17) is 16.3 Å². The lowest BCUT2D eigenvalue weighted by atomic mass is 10.2. The molecular formula is C15H10ClFN2O3. The van der Waals surface area contributed by atoms with Crippen LogP contribution in [0.3, 0.4) is 0 Å². The number of benzene rings is 2. The van der Waals surface area contributed by atoms with Crippen LogP contribution in [-0.2, 0) is 9.59 Å². The van der Waals surface area contributed by atoms with Crippen molar-refractivity contribution >= 4 is 34.8 Å². The molecule has 0 saturated carbocycles. The van der Waals surface area contributed by atoms with Crippen molar-refractivity contribution in [3.63, 3.8) is 0 Å². The maximum Gasteiger partial charge on any atom is 0.275 e. The number of ether oxygens (including phenoxy) is 1. The average molecular weight is 321 g/mol. The van der Waals surface area contributed by atoms with Crippen LogP contribution < -0.4 is 15.4 Å². The molecule has 0 saturated heterocycles. The number of carbonyl (C=O) groups excluding carboxylic acids is 2. The Labute approximate surface area is 130 Å². The largest absolute Gasteiger partial charge is 0.468 e. The van der Waals surface area contributed by atoms with Gasteiger partial charge in [-0.25, -0.2) is 4.39 Å². The molecule has 2 N–H and O–H groups in total. The second kappa shape index (κ2) is 5.65. The average Bonchev–Trinajstić information content (AvgIpc) is 2.49. The molecule has 1 aliphatic rings. The molecule has 3 rings (SSSR count). The lowest BCUT2D eigenvalue weighted by Crippen LogP contribution is -2.45. The van der Waals surface area contributed by atoms with E-state index in [1.807, 2.05) is 0 Å². The van der Waals surface area contributed by atoms with Crippen molar-refractivity contribution < 1.29 is 18.7 Å². The maximum absolute atomic E-state index is 13.0. The summed E-state index contributed by atoms with van der Waals surface area (Å²) in [7, 11) is 0. The van der Waals surface area contributed by atoms with Gasteiger partial charge in [0, 0.05) is 0 Å². The molecule has 0 radical (unpaired) electrons. The summed E-state index contributed by atoms with van der Waals surface area (Å²) >= 11 is 5.83. The second-order valence-corrected chi connectivity index (χ2v) is 5.00. The third-order valence-corrected chi connectivity index (χ3v) is 3.37. The Morgan fingerprint density at radius 2 is 2.05 bits per heavy atom. The number of carbonyl (C=O) groups is 2. The molecule has 0 spiro atoms. The number of amides is 2. The van der Waals surface area contributed by atoms with E-state index in [-0.39, 0.29) is 10.7 Å². The minimum Gasteiger partial charge on any atom is -0.468 e. The van der Waals surface area contributed by atoms with Crippen LogP contribution in [0, 0.1) is 5.82 Å². The van der Waals surface area contributed by atoms with Gasteiger partial charge in [-0.1, -0.05) is 23.7 Å². The number of anilines is 2. The number of rotatable bonds is 2. The van der Waals surface area contributed by atoms with Crippen LogP contribution in [0.25, 0.3) is 0 Å². The number of hydrogen-bond donors (Lipinski definition) is 2. The molecule has 1 aliphatic heterocycles.